The molecule has 4 nitrogen and oxygen atoms in total. The molecule has 0 bridgehead atoms. The molecule has 0 spiro atoms. The Morgan fingerprint density at radius 3 is 2.37 bits per heavy atom. The molecule has 3 atom stereocenters. The Balaban J connectivity index is 0.00000336. The van der Waals surface area contributed by atoms with Gasteiger partial charge in [-0.1, -0.05) is 72.8 Å². The predicted octanol–water partition coefficient (Wildman–Crippen LogP) is 7.20. The lowest BCUT2D eigenvalue weighted by molar-refractivity contribution is 0.0695. The molecule has 1 saturated heterocycles. The number of carboxylic acids is 1. The minimum Gasteiger partial charge on any atom is -0.478 e. The normalized spacial score (nSPS) is 18.1. The van der Waals surface area contributed by atoms with Gasteiger partial charge in [-0.15, -0.1) is 12.4 Å². The van der Waals surface area contributed by atoms with Crippen molar-refractivity contribution in [2.24, 2.45) is 5.92 Å². The first kappa shape index (κ1) is 27.6. The molecule has 38 heavy (non-hydrogen) atoms. The quantitative estimate of drug-likeness (QED) is 0.262. The summed E-state index contributed by atoms with van der Waals surface area (Å²) in [7, 11) is 0. The minimum atomic E-state index is -1.35. The third-order valence-corrected chi connectivity index (χ3v) is 7.52. The molecule has 4 aromatic carbocycles. The molecular weight excluding hydrogens is 506 g/mol. The van der Waals surface area contributed by atoms with Crippen LogP contribution in [0.4, 0.5) is 14.5 Å². The highest BCUT2D eigenvalue weighted by Gasteiger charge is 2.33. The fraction of sp³-hybridized carbons (Fsp3) is 0.258. The van der Waals surface area contributed by atoms with E-state index in [-0.39, 0.29) is 41.5 Å². The number of fused-ring (bicyclic) bond motifs is 1. The highest BCUT2D eigenvalue weighted by molar-refractivity contribution is 5.88. The summed E-state index contributed by atoms with van der Waals surface area (Å²) in [6, 6.07) is 26.8. The highest BCUT2D eigenvalue weighted by atomic mass is 35.5. The number of nitrogens with zero attached hydrogens (tertiary/aromatic N) is 1. The zero-order valence-corrected chi connectivity index (χ0v) is 21.9. The standard InChI is InChI=1S/C31H30F2N2O2.ClH/c1-20(25-13-7-11-22-10-5-6-12-27(22)25)34-18-24-19-35(15-14-26(24)21-8-3-2-4-9-21)30-28(32)16-23(31(36)37)17-29(30)33;/h2-13,16-17,20,24,26,34H,14-15,18-19H2,1H3,(H,36,37);1H/t20-,24?,26?;/m1./s1. The van der Waals surface area contributed by atoms with Crippen LogP contribution in [0.15, 0.2) is 84.9 Å². The summed E-state index contributed by atoms with van der Waals surface area (Å²) >= 11 is 0. The fourth-order valence-electron chi connectivity index (χ4n) is 5.64. The van der Waals surface area contributed by atoms with Gasteiger partial charge in [-0.05, 0) is 59.2 Å². The van der Waals surface area contributed by atoms with Crippen LogP contribution in [0.1, 0.15) is 46.8 Å². The molecule has 198 valence electrons. The Bertz CT molecular complexity index is 1390. The summed E-state index contributed by atoms with van der Waals surface area (Å²) < 4.78 is 29.9. The molecule has 0 aromatic heterocycles. The molecule has 2 N–H and O–H groups in total. The number of rotatable bonds is 7. The van der Waals surface area contributed by atoms with Gasteiger partial charge in [0.2, 0.25) is 0 Å². The maximum Gasteiger partial charge on any atom is 0.335 e. The Morgan fingerprint density at radius 2 is 1.66 bits per heavy atom. The van der Waals surface area contributed by atoms with E-state index in [0.29, 0.717) is 19.6 Å². The van der Waals surface area contributed by atoms with Gasteiger partial charge in [0.25, 0.3) is 0 Å². The number of carbonyl (C=O) groups is 1. The minimum absolute atomic E-state index is 0. The number of nitrogens with one attached hydrogen (secondary N) is 1. The zero-order valence-electron chi connectivity index (χ0n) is 21.1. The van der Waals surface area contributed by atoms with Crippen molar-refractivity contribution >= 4 is 34.8 Å². The van der Waals surface area contributed by atoms with E-state index in [1.54, 1.807) is 4.90 Å². The first-order chi connectivity index (χ1) is 17.9. The Kier molecular flexibility index (Phi) is 8.65. The third-order valence-electron chi connectivity index (χ3n) is 7.52. The fourth-order valence-corrected chi connectivity index (χ4v) is 5.64. The Labute approximate surface area is 227 Å². The van der Waals surface area contributed by atoms with Crippen LogP contribution in [-0.4, -0.2) is 30.7 Å². The molecule has 1 aliphatic rings. The van der Waals surface area contributed by atoms with E-state index in [0.717, 1.165) is 18.6 Å². The van der Waals surface area contributed by atoms with Gasteiger partial charge in [-0.3, -0.25) is 0 Å². The van der Waals surface area contributed by atoms with Crippen LogP contribution in [0.25, 0.3) is 10.8 Å². The maximum absolute atomic E-state index is 14.9. The zero-order chi connectivity index (χ0) is 25.9. The predicted molar refractivity (Wildman–Crippen MR) is 150 cm³/mol. The molecule has 4 aromatic rings. The monoisotopic (exact) mass is 536 g/mol. The smallest absolute Gasteiger partial charge is 0.335 e. The van der Waals surface area contributed by atoms with Crippen molar-refractivity contribution in [3.8, 4) is 0 Å². The van der Waals surface area contributed by atoms with E-state index in [9.17, 15) is 13.6 Å². The number of piperidine rings is 1. The van der Waals surface area contributed by atoms with E-state index >= 15 is 0 Å². The summed E-state index contributed by atoms with van der Waals surface area (Å²) in [6.45, 7) is 3.74. The number of benzene rings is 4. The van der Waals surface area contributed by atoms with E-state index in [2.05, 4.69) is 54.7 Å². The van der Waals surface area contributed by atoms with Gasteiger partial charge in [0.1, 0.15) is 17.3 Å². The molecule has 0 radical (unpaired) electrons. The Morgan fingerprint density at radius 1 is 1.00 bits per heavy atom. The first-order valence-corrected chi connectivity index (χ1v) is 12.7. The molecular formula is C31H31ClF2N2O2. The van der Waals surface area contributed by atoms with Crippen molar-refractivity contribution in [3.05, 3.63) is 113 Å². The lowest BCUT2D eigenvalue weighted by Crippen LogP contribution is -2.44. The summed E-state index contributed by atoms with van der Waals surface area (Å²) in [5.74, 6) is -2.71. The number of carboxylic acid groups (broad SMARTS) is 1. The second-order valence-electron chi connectivity index (χ2n) is 9.80. The van der Waals surface area contributed by atoms with Crippen molar-refractivity contribution < 1.29 is 18.7 Å². The van der Waals surface area contributed by atoms with Crippen LogP contribution in [0.5, 0.6) is 0 Å². The molecule has 1 aliphatic heterocycles. The van der Waals surface area contributed by atoms with Crippen LogP contribution in [-0.2, 0) is 0 Å². The number of anilines is 1. The van der Waals surface area contributed by atoms with Crippen molar-refractivity contribution in [2.75, 3.05) is 24.5 Å². The summed E-state index contributed by atoms with van der Waals surface area (Å²) in [6.07, 6.45) is 0.735. The van der Waals surface area contributed by atoms with Crippen molar-refractivity contribution in [1.82, 2.24) is 5.32 Å². The first-order valence-electron chi connectivity index (χ1n) is 12.7. The van der Waals surface area contributed by atoms with Crippen LogP contribution >= 0.6 is 12.4 Å². The number of halogens is 3. The lowest BCUT2D eigenvalue weighted by Gasteiger charge is -2.41. The molecule has 7 heteroatoms. The van der Waals surface area contributed by atoms with Crippen molar-refractivity contribution in [2.45, 2.75) is 25.3 Å². The number of hydrogen-bond acceptors (Lipinski definition) is 3. The number of aromatic carboxylic acids is 1. The SMILES string of the molecule is C[C@@H](NCC1CN(c2c(F)cc(C(=O)O)cc2F)CCC1c1ccccc1)c1cccc2ccccc12.Cl. The molecule has 0 aliphatic carbocycles. The van der Waals surface area contributed by atoms with E-state index in [1.165, 1.54) is 21.9 Å². The summed E-state index contributed by atoms with van der Waals surface area (Å²) in [5, 5.41) is 15.3. The van der Waals surface area contributed by atoms with E-state index in [4.69, 9.17) is 5.11 Å². The van der Waals surface area contributed by atoms with Crippen molar-refractivity contribution in [3.63, 3.8) is 0 Å². The molecule has 0 amide bonds. The average Bonchev–Trinajstić information content (AvgIpc) is 2.91. The maximum atomic E-state index is 14.9. The summed E-state index contributed by atoms with van der Waals surface area (Å²) in [5.41, 5.74) is 1.89. The van der Waals surface area contributed by atoms with Crippen LogP contribution in [0.3, 0.4) is 0 Å². The van der Waals surface area contributed by atoms with E-state index < -0.39 is 17.6 Å². The van der Waals surface area contributed by atoms with Gasteiger partial charge in [0.05, 0.1) is 5.56 Å². The second kappa shape index (κ2) is 11.9. The van der Waals surface area contributed by atoms with Gasteiger partial charge in [-0.2, -0.15) is 0 Å². The van der Waals surface area contributed by atoms with Gasteiger partial charge in [0, 0.05) is 25.7 Å². The number of hydrogen-bond donors (Lipinski definition) is 2. The highest BCUT2D eigenvalue weighted by Crippen LogP contribution is 2.37. The molecule has 2 unspecified atom stereocenters. The average molecular weight is 537 g/mol. The Hall–Kier alpha value is -3.48. The third kappa shape index (κ3) is 5.66. The summed E-state index contributed by atoms with van der Waals surface area (Å²) in [4.78, 5) is 13.0. The van der Waals surface area contributed by atoms with Crippen LogP contribution in [0.2, 0.25) is 0 Å². The molecule has 1 fully saturated rings. The van der Waals surface area contributed by atoms with Gasteiger partial charge in [0.15, 0.2) is 0 Å². The van der Waals surface area contributed by atoms with Gasteiger partial charge >= 0.3 is 5.97 Å². The van der Waals surface area contributed by atoms with Gasteiger partial charge < -0.3 is 15.3 Å². The van der Waals surface area contributed by atoms with Crippen LogP contribution < -0.4 is 10.2 Å². The van der Waals surface area contributed by atoms with Crippen LogP contribution in [0, 0.1) is 17.6 Å². The van der Waals surface area contributed by atoms with Gasteiger partial charge in [-0.25, -0.2) is 13.6 Å². The van der Waals surface area contributed by atoms with E-state index in [1.807, 2.05) is 30.3 Å². The molecule has 5 rings (SSSR count). The second-order valence-corrected chi connectivity index (χ2v) is 9.80. The molecule has 0 saturated carbocycles. The largest absolute Gasteiger partial charge is 0.478 e. The molecule has 1 heterocycles. The lowest BCUT2D eigenvalue weighted by atomic mass is 9.80. The van der Waals surface area contributed by atoms with Crippen molar-refractivity contribution in [1.29, 1.82) is 0 Å². The topological polar surface area (TPSA) is 52.6 Å².